The number of aldehydes is 1. The fourth-order valence-electron chi connectivity index (χ4n) is 0.666. The van der Waals surface area contributed by atoms with Crippen molar-refractivity contribution in [3.63, 3.8) is 0 Å². The zero-order chi connectivity index (χ0) is 8.81. The highest BCUT2D eigenvalue weighted by Gasteiger charge is 1.88. The predicted molar refractivity (Wildman–Crippen MR) is 45.0 cm³/mol. The quantitative estimate of drug-likeness (QED) is 0.261. The van der Waals surface area contributed by atoms with E-state index in [2.05, 4.69) is 22.3 Å². The summed E-state index contributed by atoms with van der Waals surface area (Å²) < 4.78 is 0. The van der Waals surface area contributed by atoms with Crippen molar-refractivity contribution >= 4 is 12.1 Å². The molecule has 0 fully saturated rings. The molecule has 1 aromatic heterocycles. The minimum absolute atomic E-state index is 0.537. The number of nitrogens with two attached hydrogens (primary N) is 1. The third-order valence-corrected chi connectivity index (χ3v) is 1.19. The highest BCUT2D eigenvalue weighted by molar-refractivity contribution is 5.73. The number of aromatic nitrogens is 1. The topological polar surface area (TPSA) is 68.0 Å². The van der Waals surface area contributed by atoms with Gasteiger partial charge in [0.2, 0.25) is 0 Å². The average molecular weight is 161 g/mol. The molecule has 4 nitrogen and oxygen atoms in total. The second-order valence-corrected chi connectivity index (χ2v) is 1.96. The number of anilines is 1. The predicted octanol–water partition coefficient (Wildman–Crippen LogP) is -0.0824. The number of carbonyl (C=O) groups excluding carboxylic acids is 1. The number of nitrogen functional groups attached to an aromatic ring is 1. The highest BCUT2D eigenvalue weighted by atomic mass is 16.1. The summed E-state index contributed by atoms with van der Waals surface area (Å²) >= 11 is 0. The van der Waals surface area contributed by atoms with Gasteiger partial charge in [-0.25, -0.2) is 10.8 Å². The van der Waals surface area contributed by atoms with Crippen LogP contribution in [0.25, 0.3) is 0 Å². The van der Waals surface area contributed by atoms with Crippen LogP contribution in [0.3, 0.4) is 0 Å². The van der Waals surface area contributed by atoms with Crippen LogP contribution in [0.4, 0.5) is 5.82 Å². The smallest absolute Gasteiger partial charge is 0.193 e. The van der Waals surface area contributed by atoms with Crippen molar-refractivity contribution in [2.24, 2.45) is 5.84 Å². The first kappa shape index (κ1) is 8.24. The van der Waals surface area contributed by atoms with E-state index in [0.29, 0.717) is 17.7 Å². The Morgan fingerprint density at radius 3 is 2.92 bits per heavy atom. The molecule has 0 unspecified atom stereocenters. The summed E-state index contributed by atoms with van der Waals surface area (Å²) in [6, 6.07) is 3.40. The summed E-state index contributed by atoms with van der Waals surface area (Å²) in [6.45, 7) is 0. The molecule has 0 aromatic carbocycles. The number of rotatable bonds is 1. The third-order valence-electron chi connectivity index (χ3n) is 1.19. The van der Waals surface area contributed by atoms with E-state index in [1.54, 1.807) is 12.1 Å². The Labute approximate surface area is 69.8 Å². The molecule has 0 saturated carbocycles. The summed E-state index contributed by atoms with van der Waals surface area (Å²) in [5.74, 6) is 10.5. The van der Waals surface area contributed by atoms with E-state index in [-0.39, 0.29) is 0 Å². The lowest BCUT2D eigenvalue weighted by Crippen LogP contribution is -2.07. The molecule has 0 radical (unpaired) electrons. The Bertz CT molecular complexity index is 320. The molecule has 1 rings (SSSR count). The van der Waals surface area contributed by atoms with Gasteiger partial charge >= 0.3 is 0 Å². The molecule has 0 aliphatic heterocycles. The van der Waals surface area contributed by atoms with E-state index < -0.39 is 0 Å². The number of hydrazine groups is 1. The number of carbonyl (C=O) groups is 1. The van der Waals surface area contributed by atoms with Gasteiger partial charge in [0.25, 0.3) is 0 Å². The normalized spacial score (nSPS) is 8.08. The van der Waals surface area contributed by atoms with Gasteiger partial charge in [-0.15, -0.1) is 0 Å². The van der Waals surface area contributed by atoms with E-state index in [1.165, 1.54) is 6.20 Å². The van der Waals surface area contributed by atoms with Crippen molar-refractivity contribution in [3.8, 4) is 11.8 Å². The van der Waals surface area contributed by atoms with Crippen LogP contribution < -0.4 is 11.3 Å². The number of nitrogens with zero attached hydrogens (tertiary/aromatic N) is 1. The molecule has 60 valence electrons. The molecule has 12 heavy (non-hydrogen) atoms. The molecule has 0 aliphatic rings. The van der Waals surface area contributed by atoms with Crippen LogP contribution in [0.1, 0.15) is 5.56 Å². The molecule has 1 heterocycles. The van der Waals surface area contributed by atoms with Crippen molar-refractivity contribution < 1.29 is 4.79 Å². The minimum Gasteiger partial charge on any atom is -0.308 e. The third kappa shape index (κ3) is 2.08. The maximum absolute atomic E-state index is 9.87. The Balaban J connectivity index is 2.84. The first-order valence-corrected chi connectivity index (χ1v) is 3.24. The number of hydrogen-bond acceptors (Lipinski definition) is 4. The Morgan fingerprint density at radius 1 is 1.58 bits per heavy atom. The summed E-state index contributed by atoms with van der Waals surface area (Å²) in [4.78, 5) is 13.8. The molecule has 0 atom stereocenters. The van der Waals surface area contributed by atoms with Crippen molar-refractivity contribution in [1.82, 2.24) is 4.98 Å². The van der Waals surface area contributed by atoms with Gasteiger partial charge in [-0.05, 0) is 18.1 Å². The molecular weight excluding hydrogens is 154 g/mol. The largest absolute Gasteiger partial charge is 0.308 e. The number of pyridine rings is 1. The fourth-order valence-corrected chi connectivity index (χ4v) is 0.666. The molecule has 0 amide bonds. The molecule has 0 bridgehead atoms. The van der Waals surface area contributed by atoms with Crippen molar-refractivity contribution in [2.45, 2.75) is 0 Å². The lowest BCUT2D eigenvalue weighted by molar-refractivity contribution is -0.103. The zero-order valence-electron chi connectivity index (χ0n) is 6.24. The maximum atomic E-state index is 9.87. The van der Waals surface area contributed by atoms with Crippen LogP contribution in [0, 0.1) is 11.8 Å². The highest BCUT2D eigenvalue weighted by Crippen LogP contribution is 2.01. The Hall–Kier alpha value is -1.86. The molecular formula is C8H7N3O. The Kier molecular flexibility index (Phi) is 2.82. The Morgan fingerprint density at radius 2 is 2.42 bits per heavy atom. The summed E-state index contributed by atoms with van der Waals surface area (Å²) in [5, 5.41) is 0. The van der Waals surface area contributed by atoms with Crippen LogP contribution >= 0.6 is 0 Å². The van der Waals surface area contributed by atoms with E-state index in [4.69, 9.17) is 5.84 Å². The summed E-state index contributed by atoms with van der Waals surface area (Å²) in [5.41, 5.74) is 3.06. The minimum atomic E-state index is 0.537. The van der Waals surface area contributed by atoms with Gasteiger partial charge in [-0.2, -0.15) is 0 Å². The first-order chi connectivity index (χ1) is 5.86. The average Bonchev–Trinajstić information content (AvgIpc) is 2.15. The second-order valence-electron chi connectivity index (χ2n) is 1.96. The van der Waals surface area contributed by atoms with Crippen LogP contribution in [0.15, 0.2) is 18.3 Å². The lowest BCUT2D eigenvalue weighted by Gasteiger charge is -1.95. The number of nitrogens with one attached hydrogen (secondary N) is 1. The molecule has 4 heteroatoms. The standard InChI is InChI=1S/C8H7N3O/c9-11-8-4-3-7(6-10-8)2-1-5-12/h3-6H,9H2,(H,10,11). The SMILES string of the molecule is NNc1ccc(C#CC=O)cn1. The van der Waals surface area contributed by atoms with Crippen LogP contribution in [-0.4, -0.2) is 11.3 Å². The van der Waals surface area contributed by atoms with Gasteiger partial charge in [0.05, 0.1) is 0 Å². The van der Waals surface area contributed by atoms with E-state index in [9.17, 15) is 4.79 Å². The first-order valence-electron chi connectivity index (χ1n) is 3.24. The van der Waals surface area contributed by atoms with Crippen molar-refractivity contribution in [2.75, 3.05) is 5.43 Å². The van der Waals surface area contributed by atoms with Gasteiger partial charge in [0.15, 0.2) is 6.29 Å². The van der Waals surface area contributed by atoms with Crippen molar-refractivity contribution in [3.05, 3.63) is 23.9 Å². The van der Waals surface area contributed by atoms with Gasteiger partial charge in [0.1, 0.15) is 5.82 Å². The van der Waals surface area contributed by atoms with E-state index in [1.807, 2.05) is 0 Å². The van der Waals surface area contributed by atoms with Crippen LogP contribution in [-0.2, 0) is 4.79 Å². The van der Waals surface area contributed by atoms with E-state index >= 15 is 0 Å². The fraction of sp³-hybridized carbons (Fsp3) is 0. The van der Waals surface area contributed by atoms with Crippen molar-refractivity contribution in [1.29, 1.82) is 0 Å². The number of hydrogen-bond donors (Lipinski definition) is 2. The van der Waals surface area contributed by atoms with Crippen LogP contribution in [0.2, 0.25) is 0 Å². The van der Waals surface area contributed by atoms with Gasteiger partial charge in [-0.3, -0.25) is 4.79 Å². The monoisotopic (exact) mass is 161 g/mol. The molecule has 1 aromatic rings. The van der Waals surface area contributed by atoms with Gasteiger partial charge in [0, 0.05) is 11.8 Å². The molecule has 0 spiro atoms. The zero-order valence-corrected chi connectivity index (χ0v) is 6.24. The van der Waals surface area contributed by atoms with Gasteiger partial charge in [-0.1, -0.05) is 5.92 Å². The molecule has 3 N–H and O–H groups in total. The molecule has 0 aliphatic carbocycles. The summed E-state index contributed by atoms with van der Waals surface area (Å²) in [7, 11) is 0. The lowest BCUT2D eigenvalue weighted by atomic mass is 10.3. The maximum Gasteiger partial charge on any atom is 0.193 e. The van der Waals surface area contributed by atoms with Crippen LogP contribution in [0.5, 0.6) is 0 Å². The van der Waals surface area contributed by atoms with Gasteiger partial charge < -0.3 is 5.43 Å². The summed E-state index contributed by atoms with van der Waals surface area (Å²) in [6.07, 6.45) is 2.07. The van der Waals surface area contributed by atoms with E-state index in [0.717, 1.165) is 0 Å². The molecule has 0 saturated heterocycles. The second kappa shape index (κ2) is 4.11.